The zero-order chi connectivity index (χ0) is 10.6. The average molecular weight is 196 g/mol. The molecular weight excluding hydrogens is 180 g/mol. The molecule has 1 aromatic rings. The minimum absolute atomic E-state index is 0.218. The highest BCUT2D eigenvalue weighted by atomic mass is 16.5. The molecule has 0 spiro atoms. The third-order valence-electron chi connectivity index (χ3n) is 1.95. The predicted molar refractivity (Wildman–Crippen MR) is 54.3 cm³/mol. The van der Waals surface area contributed by atoms with Gasteiger partial charge in [0.1, 0.15) is 5.75 Å². The van der Waals surface area contributed by atoms with Gasteiger partial charge < -0.3 is 14.9 Å². The van der Waals surface area contributed by atoms with E-state index in [1.807, 2.05) is 6.07 Å². The number of phenols is 1. The van der Waals surface area contributed by atoms with Crippen LogP contribution < -0.4 is 0 Å². The molecule has 1 unspecified atom stereocenters. The molecule has 3 heteroatoms. The highest BCUT2D eigenvalue weighted by Gasteiger charge is 2.20. The second kappa shape index (κ2) is 4.44. The maximum atomic E-state index is 9.85. The number of ether oxygens (including phenoxy) is 1. The second-order valence-electron chi connectivity index (χ2n) is 3.78. The van der Waals surface area contributed by atoms with Crippen LogP contribution in [0.5, 0.6) is 5.75 Å². The fourth-order valence-corrected chi connectivity index (χ4v) is 1.47. The van der Waals surface area contributed by atoms with Gasteiger partial charge in [-0.1, -0.05) is 12.1 Å². The molecule has 0 radical (unpaired) electrons. The maximum absolute atomic E-state index is 9.85. The summed E-state index contributed by atoms with van der Waals surface area (Å²) in [4.78, 5) is 0. The Kier molecular flexibility index (Phi) is 3.49. The van der Waals surface area contributed by atoms with Crippen LogP contribution in [0.15, 0.2) is 24.3 Å². The molecule has 0 aromatic heterocycles. The lowest BCUT2D eigenvalue weighted by Crippen LogP contribution is -2.32. The van der Waals surface area contributed by atoms with Crippen molar-refractivity contribution in [2.24, 2.45) is 0 Å². The van der Waals surface area contributed by atoms with Crippen molar-refractivity contribution in [1.82, 2.24) is 0 Å². The van der Waals surface area contributed by atoms with Crippen molar-refractivity contribution < 1.29 is 14.9 Å². The molecule has 14 heavy (non-hydrogen) atoms. The minimum Gasteiger partial charge on any atom is -0.508 e. The third-order valence-corrected chi connectivity index (χ3v) is 1.95. The first-order chi connectivity index (χ1) is 6.53. The Morgan fingerprint density at radius 1 is 1.43 bits per heavy atom. The number of hydrogen-bond acceptors (Lipinski definition) is 3. The van der Waals surface area contributed by atoms with E-state index in [0.717, 1.165) is 5.56 Å². The average Bonchev–Trinajstić information content (AvgIpc) is 2.02. The van der Waals surface area contributed by atoms with E-state index in [2.05, 4.69) is 0 Å². The highest BCUT2D eigenvalue weighted by Crippen LogP contribution is 2.17. The van der Waals surface area contributed by atoms with E-state index >= 15 is 0 Å². The van der Waals surface area contributed by atoms with Gasteiger partial charge >= 0.3 is 0 Å². The first-order valence-corrected chi connectivity index (χ1v) is 4.53. The summed E-state index contributed by atoms with van der Waals surface area (Å²) in [6, 6.07) is 6.87. The van der Waals surface area contributed by atoms with Crippen molar-refractivity contribution in [2.75, 3.05) is 13.7 Å². The topological polar surface area (TPSA) is 49.7 Å². The van der Waals surface area contributed by atoms with E-state index in [9.17, 15) is 10.2 Å². The van der Waals surface area contributed by atoms with Gasteiger partial charge in [0.2, 0.25) is 0 Å². The smallest absolute Gasteiger partial charge is 0.115 e. The standard InChI is InChI=1S/C11H16O3/c1-11(13,8-14-2)7-9-4-3-5-10(12)6-9/h3-6,12-13H,7-8H2,1-2H3. The first-order valence-electron chi connectivity index (χ1n) is 4.53. The van der Waals surface area contributed by atoms with Crippen molar-refractivity contribution >= 4 is 0 Å². The van der Waals surface area contributed by atoms with Crippen LogP contribution in [0.1, 0.15) is 12.5 Å². The Balaban J connectivity index is 2.68. The van der Waals surface area contributed by atoms with Crippen molar-refractivity contribution in [3.8, 4) is 5.75 Å². The normalized spacial score (nSPS) is 15.1. The van der Waals surface area contributed by atoms with Gasteiger partial charge in [0, 0.05) is 13.5 Å². The van der Waals surface area contributed by atoms with Gasteiger partial charge in [-0.25, -0.2) is 0 Å². The minimum atomic E-state index is -0.886. The number of aliphatic hydroxyl groups is 1. The summed E-state index contributed by atoms with van der Waals surface area (Å²) in [5.41, 5.74) is 0.00905. The summed E-state index contributed by atoms with van der Waals surface area (Å²) < 4.78 is 4.90. The number of rotatable bonds is 4. The van der Waals surface area contributed by atoms with Crippen molar-refractivity contribution in [3.05, 3.63) is 29.8 Å². The molecule has 0 saturated heterocycles. The van der Waals surface area contributed by atoms with Gasteiger partial charge in [-0.2, -0.15) is 0 Å². The van der Waals surface area contributed by atoms with Gasteiger partial charge in [0.15, 0.2) is 0 Å². The van der Waals surface area contributed by atoms with E-state index in [1.165, 1.54) is 0 Å². The van der Waals surface area contributed by atoms with Crippen molar-refractivity contribution in [3.63, 3.8) is 0 Å². The molecule has 2 N–H and O–H groups in total. The molecule has 78 valence electrons. The Morgan fingerprint density at radius 2 is 2.14 bits per heavy atom. The lowest BCUT2D eigenvalue weighted by molar-refractivity contribution is -0.0161. The molecule has 0 aliphatic rings. The van der Waals surface area contributed by atoms with Crippen LogP contribution in [-0.2, 0) is 11.2 Å². The summed E-state index contributed by atoms with van der Waals surface area (Å²) in [5.74, 6) is 0.218. The second-order valence-corrected chi connectivity index (χ2v) is 3.78. The molecule has 0 bridgehead atoms. The van der Waals surface area contributed by atoms with Crippen molar-refractivity contribution in [1.29, 1.82) is 0 Å². The summed E-state index contributed by atoms with van der Waals surface area (Å²) >= 11 is 0. The molecular formula is C11H16O3. The zero-order valence-electron chi connectivity index (χ0n) is 8.53. The number of phenolic OH excluding ortho intramolecular Hbond substituents is 1. The number of aromatic hydroxyl groups is 1. The quantitative estimate of drug-likeness (QED) is 0.763. The van der Waals surface area contributed by atoms with Gasteiger partial charge in [-0.3, -0.25) is 0 Å². The van der Waals surface area contributed by atoms with Crippen LogP contribution in [0.3, 0.4) is 0 Å². The predicted octanol–water partition coefficient (Wildman–Crippen LogP) is 1.33. The molecule has 0 fully saturated rings. The Bertz CT molecular complexity index is 294. The largest absolute Gasteiger partial charge is 0.508 e. The summed E-state index contributed by atoms with van der Waals surface area (Å²) in [6.07, 6.45) is 0.467. The third kappa shape index (κ3) is 3.36. The van der Waals surface area contributed by atoms with Gasteiger partial charge in [0.05, 0.1) is 12.2 Å². The zero-order valence-corrected chi connectivity index (χ0v) is 8.53. The van der Waals surface area contributed by atoms with Crippen LogP contribution in [0, 0.1) is 0 Å². The van der Waals surface area contributed by atoms with Gasteiger partial charge in [-0.15, -0.1) is 0 Å². The monoisotopic (exact) mass is 196 g/mol. The maximum Gasteiger partial charge on any atom is 0.115 e. The molecule has 0 amide bonds. The first kappa shape index (κ1) is 11.0. The summed E-state index contributed by atoms with van der Waals surface area (Å²) in [6.45, 7) is 1.99. The SMILES string of the molecule is COCC(C)(O)Cc1cccc(O)c1. The van der Waals surface area contributed by atoms with Crippen LogP contribution in [0.25, 0.3) is 0 Å². The molecule has 1 aromatic carbocycles. The summed E-state index contributed by atoms with van der Waals surface area (Å²) in [7, 11) is 1.55. The fraction of sp³-hybridized carbons (Fsp3) is 0.455. The Hall–Kier alpha value is -1.06. The van der Waals surface area contributed by atoms with Crippen LogP contribution in [-0.4, -0.2) is 29.5 Å². The van der Waals surface area contributed by atoms with E-state index < -0.39 is 5.60 Å². The van der Waals surface area contributed by atoms with Crippen LogP contribution >= 0.6 is 0 Å². The molecule has 0 heterocycles. The fourth-order valence-electron chi connectivity index (χ4n) is 1.47. The number of benzene rings is 1. The molecule has 0 aliphatic heterocycles. The van der Waals surface area contributed by atoms with Crippen molar-refractivity contribution in [2.45, 2.75) is 18.9 Å². The van der Waals surface area contributed by atoms with E-state index in [1.54, 1.807) is 32.2 Å². The van der Waals surface area contributed by atoms with E-state index in [0.29, 0.717) is 6.42 Å². The number of hydrogen-bond donors (Lipinski definition) is 2. The molecule has 1 rings (SSSR count). The van der Waals surface area contributed by atoms with E-state index in [4.69, 9.17) is 4.74 Å². The van der Waals surface area contributed by atoms with Gasteiger partial charge in [0.25, 0.3) is 0 Å². The lowest BCUT2D eigenvalue weighted by Gasteiger charge is -2.22. The van der Waals surface area contributed by atoms with Crippen LogP contribution in [0.4, 0.5) is 0 Å². The highest BCUT2D eigenvalue weighted by molar-refractivity contribution is 5.28. The molecule has 3 nitrogen and oxygen atoms in total. The number of methoxy groups -OCH3 is 1. The lowest BCUT2D eigenvalue weighted by atomic mass is 9.97. The molecule has 0 saturated carbocycles. The van der Waals surface area contributed by atoms with Crippen LogP contribution in [0.2, 0.25) is 0 Å². The van der Waals surface area contributed by atoms with Gasteiger partial charge in [-0.05, 0) is 24.6 Å². The molecule has 1 atom stereocenters. The Morgan fingerprint density at radius 3 is 2.71 bits per heavy atom. The molecule has 0 aliphatic carbocycles. The Labute approximate surface area is 84.0 Å². The summed E-state index contributed by atoms with van der Waals surface area (Å²) in [5, 5.41) is 19.1. The van der Waals surface area contributed by atoms with E-state index in [-0.39, 0.29) is 12.4 Å².